The fourth-order valence-corrected chi connectivity index (χ4v) is 3.02. The number of likely N-dealkylation sites (tertiary alicyclic amines) is 1. The molecule has 1 amide bonds. The number of carbonyl (C=O) groups is 2. The molecule has 2 rings (SSSR count). The number of carboxylic acid groups (broad SMARTS) is 1. The normalized spacial score (nSPS) is 21.8. The van der Waals surface area contributed by atoms with Gasteiger partial charge in [-0.25, -0.2) is 0 Å². The lowest BCUT2D eigenvalue weighted by Gasteiger charge is -2.37. The molecule has 0 radical (unpaired) electrons. The lowest BCUT2D eigenvalue weighted by Crippen LogP contribution is -2.49. The van der Waals surface area contributed by atoms with E-state index >= 15 is 0 Å². The number of aliphatic carboxylic acids is 1. The fraction of sp³-hybridized carbons (Fsp3) is 0.765. The van der Waals surface area contributed by atoms with Crippen LogP contribution in [-0.4, -0.2) is 44.6 Å². The molecule has 0 saturated carbocycles. The highest BCUT2D eigenvalue weighted by molar-refractivity contribution is 5.78. The molecule has 0 aromatic carbocycles. The maximum atomic E-state index is 12.4. The van der Waals surface area contributed by atoms with Crippen molar-refractivity contribution in [2.75, 3.05) is 6.54 Å². The van der Waals surface area contributed by atoms with Gasteiger partial charge in [0.2, 0.25) is 11.8 Å². The minimum Gasteiger partial charge on any atom is -0.481 e. The number of carbonyl (C=O) groups excluding carboxylic acids is 1. The molecule has 1 N–H and O–H groups in total. The van der Waals surface area contributed by atoms with E-state index in [2.05, 4.69) is 10.1 Å². The SMILES string of the molecule is C[C@@H]1[C@H](C(=O)O)CCCN1C(=O)CCCc1nc(C(C)(C)C)no1. The third-order valence-electron chi connectivity index (χ3n) is 4.55. The minimum absolute atomic E-state index is 0.00371. The first-order chi connectivity index (χ1) is 11.2. The molecule has 0 spiro atoms. The molecular weight excluding hydrogens is 310 g/mol. The average Bonchev–Trinajstić information content (AvgIpc) is 2.96. The first-order valence-electron chi connectivity index (χ1n) is 8.55. The van der Waals surface area contributed by atoms with Gasteiger partial charge in [-0.3, -0.25) is 9.59 Å². The van der Waals surface area contributed by atoms with Crippen molar-refractivity contribution in [3.63, 3.8) is 0 Å². The number of hydrogen-bond acceptors (Lipinski definition) is 5. The zero-order chi connectivity index (χ0) is 17.9. The smallest absolute Gasteiger partial charge is 0.308 e. The number of nitrogens with zero attached hydrogens (tertiary/aromatic N) is 3. The molecule has 1 aromatic rings. The highest BCUT2D eigenvalue weighted by Gasteiger charge is 2.34. The molecule has 2 atom stereocenters. The van der Waals surface area contributed by atoms with Gasteiger partial charge in [-0.05, 0) is 26.2 Å². The van der Waals surface area contributed by atoms with Crippen molar-refractivity contribution >= 4 is 11.9 Å². The van der Waals surface area contributed by atoms with Gasteiger partial charge in [0.15, 0.2) is 5.82 Å². The lowest BCUT2D eigenvalue weighted by molar-refractivity contribution is -0.149. The summed E-state index contributed by atoms with van der Waals surface area (Å²) in [7, 11) is 0. The monoisotopic (exact) mass is 337 g/mol. The number of carboxylic acids is 1. The van der Waals surface area contributed by atoms with Crippen molar-refractivity contribution in [2.24, 2.45) is 5.92 Å². The maximum absolute atomic E-state index is 12.4. The summed E-state index contributed by atoms with van der Waals surface area (Å²) in [5.41, 5.74) is -0.160. The van der Waals surface area contributed by atoms with E-state index in [9.17, 15) is 14.7 Å². The molecular formula is C17H27N3O4. The van der Waals surface area contributed by atoms with Gasteiger partial charge < -0.3 is 14.5 Å². The quantitative estimate of drug-likeness (QED) is 0.886. The van der Waals surface area contributed by atoms with E-state index in [-0.39, 0.29) is 17.4 Å². The summed E-state index contributed by atoms with van der Waals surface area (Å²) in [6, 6.07) is -0.250. The van der Waals surface area contributed by atoms with Crippen molar-refractivity contribution in [3.05, 3.63) is 11.7 Å². The number of aryl methyl sites for hydroxylation is 1. The van der Waals surface area contributed by atoms with Crippen LogP contribution in [0.3, 0.4) is 0 Å². The molecule has 2 heterocycles. The molecule has 24 heavy (non-hydrogen) atoms. The Morgan fingerprint density at radius 1 is 1.38 bits per heavy atom. The van der Waals surface area contributed by atoms with Gasteiger partial charge in [-0.15, -0.1) is 0 Å². The first-order valence-corrected chi connectivity index (χ1v) is 8.55. The van der Waals surface area contributed by atoms with Crippen LogP contribution in [0.4, 0.5) is 0 Å². The van der Waals surface area contributed by atoms with E-state index in [1.54, 1.807) is 4.90 Å². The van der Waals surface area contributed by atoms with Gasteiger partial charge in [0.1, 0.15) is 0 Å². The largest absolute Gasteiger partial charge is 0.481 e. The van der Waals surface area contributed by atoms with Crippen LogP contribution in [0.2, 0.25) is 0 Å². The van der Waals surface area contributed by atoms with Crippen molar-refractivity contribution in [3.8, 4) is 0 Å². The topological polar surface area (TPSA) is 96.5 Å². The number of rotatable bonds is 5. The van der Waals surface area contributed by atoms with Crippen LogP contribution in [0.1, 0.15) is 65.1 Å². The van der Waals surface area contributed by atoms with Gasteiger partial charge in [0.05, 0.1) is 5.92 Å². The highest BCUT2D eigenvalue weighted by Crippen LogP contribution is 2.25. The van der Waals surface area contributed by atoms with Crippen LogP contribution in [0, 0.1) is 5.92 Å². The Bertz CT molecular complexity index is 591. The summed E-state index contributed by atoms with van der Waals surface area (Å²) in [6.07, 6.45) is 2.92. The van der Waals surface area contributed by atoms with Crippen LogP contribution >= 0.6 is 0 Å². The summed E-state index contributed by atoms with van der Waals surface area (Å²) >= 11 is 0. The Morgan fingerprint density at radius 2 is 2.08 bits per heavy atom. The Hall–Kier alpha value is -1.92. The molecule has 1 aliphatic rings. The van der Waals surface area contributed by atoms with Gasteiger partial charge in [0.25, 0.3) is 0 Å². The second kappa shape index (κ2) is 7.32. The molecule has 1 saturated heterocycles. The Labute approximate surface area is 142 Å². The van der Waals surface area contributed by atoms with Gasteiger partial charge in [0, 0.05) is 30.8 Å². The maximum Gasteiger partial charge on any atom is 0.308 e. The summed E-state index contributed by atoms with van der Waals surface area (Å²) in [4.78, 5) is 29.7. The molecule has 7 heteroatoms. The molecule has 1 aromatic heterocycles. The van der Waals surface area contributed by atoms with E-state index < -0.39 is 11.9 Å². The Morgan fingerprint density at radius 3 is 2.67 bits per heavy atom. The molecule has 1 aliphatic heterocycles. The van der Waals surface area contributed by atoms with Crippen molar-refractivity contribution in [1.29, 1.82) is 0 Å². The predicted octanol–water partition coefficient (Wildman–Crippen LogP) is 2.40. The predicted molar refractivity (Wildman–Crippen MR) is 87.5 cm³/mol. The minimum atomic E-state index is -0.819. The van der Waals surface area contributed by atoms with Crippen LogP contribution in [-0.2, 0) is 21.4 Å². The van der Waals surface area contributed by atoms with Crippen LogP contribution < -0.4 is 0 Å². The van der Waals surface area contributed by atoms with E-state index in [0.29, 0.717) is 43.9 Å². The zero-order valence-electron chi connectivity index (χ0n) is 14.9. The van der Waals surface area contributed by atoms with Crippen molar-refractivity contribution in [2.45, 2.75) is 71.3 Å². The number of amides is 1. The number of aromatic nitrogens is 2. The molecule has 7 nitrogen and oxygen atoms in total. The molecule has 0 aliphatic carbocycles. The van der Waals surface area contributed by atoms with Crippen LogP contribution in [0.5, 0.6) is 0 Å². The van der Waals surface area contributed by atoms with E-state index in [0.717, 1.165) is 6.42 Å². The third-order valence-corrected chi connectivity index (χ3v) is 4.55. The van der Waals surface area contributed by atoms with Crippen LogP contribution in [0.25, 0.3) is 0 Å². The summed E-state index contributed by atoms with van der Waals surface area (Å²) < 4.78 is 5.22. The molecule has 0 bridgehead atoms. The van der Waals surface area contributed by atoms with Gasteiger partial charge in [-0.1, -0.05) is 25.9 Å². The van der Waals surface area contributed by atoms with Gasteiger partial charge >= 0.3 is 5.97 Å². The van der Waals surface area contributed by atoms with Gasteiger partial charge in [-0.2, -0.15) is 4.98 Å². The van der Waals surface area contributed by atoms with E-state index in [4.69, 9.17) is 4.52 Å². The highest BCUT2D eigenvalue weighted by atomic mass is 16.5. The standard InChI is InChI=1S/C17H27N3O4/c1-11-12(15(22)23)7-6-10-20(11)14(21)9-5-8-13-18-16(19-24-13)17(2,3)4/h11-12H,5-10H2,1-4H3,(H,22,23)/t11-,12-/m1/s1. The van der Waals surface area contributed by atoms with Crippen molar-refractivity contribution < 1.29 is 19.2 Å². The van der Waals surface area contributed by atoms with Crippen molar-refractivity contribution in [1.82, 2.24) is 15.0 Å². The summed E-state index contributed by atoms with van der Waals surface area (Å²) in [5.74, 6) is -0.0711. The number of piperidine rings is 1. The number of hydrogen-bond donors (Lipinski definition) is 1. The Balaban J connectivity index is 1.84. The third kappa shape index (κ3) is 4.33. The first kappa shape index (κ1) is 18.4. The second-order valence-electron chi connectivity index (χ2n) is 7.53. The molecule has 134 valence electrons. The molecule has 0 unspecified atom stereocenters. The zero-order valence-corrected chi connectivity index (χ0v) is 14.9. The summed E-state index contributed by atoms with van der Waals surface area (Å²) in [5, 5.41) is 13.2. The molecule has 1 fully saturated rings. The fourth-order valence-electron chi connectivity index (χ4n) is 3.02. The second-order valence-corrected chi connectivity index (χ2v) is 7.53. The Kier molecular flexibility index (Phi) is 5.62. The summed E-state index contributed by atoms with van der Waals surface area (Å²) in [6.45, 7) is 8.51. The lowest BCUT2D eigenvalue weighted by atomic mass is 9.90. The average molecular weight is 337 g/mol. The van der Waals surface area contributed by atoms with E-state index in [1.165, 1.54) is 0 Å². The van der Waals surface area contributed by atoms with E-state index in [1.807, 2.05) is 27.7 Å². The van der Waals surface area contributed by atoms with Crippen LogP contribution in [0.15, 0.2) is 4.52 Å².